The smallest absolute Gasteiger partial charge is 0.256 e. The van der Waals surface area contributed by atoms with E-state index in [0.29, 0.717) is 17.8 Å². The molecule has 6 heteroatoms. The lowest BCUT2D eigenvalue weighted by Gasteiger charge is -2.18. The first kappa shape index (κ1) is 14.8. The van der Waals surface area contributed by atoms with Crippen LogP contribution in [0.25, 0.3) is 0 Å². The standard InChI is InChI=1S/C14H13BrClN3O/c1-19(8-9-3-2-4-10(15)5-9)14(20)11-6-13(16)18-7-12(11)17/h2-7H,8,17H2,1H3. The Balaban J connectivity index is 2.18. The monoisotopic (exact) mass is 353 g/mol. The maximum Gasteiger partial charge on any atom is 0.256 e. The minimum Gasteiger partial charge on any atom is -0.397 e. The van der Waals surface area contributed by atoms with Gasteiger partial charge in [0.25, 0.3) is 5.91 Å². The molecule has 2 aromatic rings. The maximum absolute atomic E-state index is 12.4. The summed E-state index contributed by atoms with van der Waals surface area (Å²) in [5.74, 6) is -0.188. The molecule has 2 rings (SSSR count). The third kappa shape index (κ3) is 3.49. The fourth-order valence-corrected chi connectivity index (χ4v) is 2.42. The summed E-state index contributed by atoms with van der Waals surface area (Å²) in [5, 5.41) is 0.249. The summed E-state index contributed by atoms with van der Waals surface area (Å²) in [6.45, 7) is 0.484. The van der Waals surface area contributed by atoms with Crippen molar-refractivity contribution >= 4 is 39.1 Å². The highest BCUT2D eigenvalue weighted by Crippen LogP contribution is 2.18. The minimum absolute atomic E-state index is 0.188. The highest BCUT2D eigenvalue weighted by molar-refractivity contribution is 9.10. The number of carbonyl (C=O) groups excluding carboxylic acids is 1. The van der Waals surface area contributed by atoms with E-state index in [4.69, 9.17) is 17.3 Å². The molecule has 1 aromatic heterocycles. The highest BCUT2D eigenvalue weighted by atomic mass is 79.9. The molecule has 0 aliphatic rings. The summed E-state index contributed by atoms with van der Waals surface area (Å²) < 4.78 is 0.974. The number of halogens is 2. The predicted octanol–water partition coefficient (Wildman–Crippen LogP) is 3.35. The van der Waals surface area contributed by atoms with Crippen LogP contribution in [0.3, 0.4) is 0 Å². The zero-order valence-electron chi connectivity index (χ0n) is 10.8. The Hall–Kier alpha value is -1.59. The van der Waals surface area contributed by atoms with Crippen molar-refractivity contribution in [2.45, 2.75) is 6.54 Å². The van der Waals surface area contributed by atoms with Gasteiger partial charge in [-0.15, -0.1) is 0 Å². The second-order valence-corrected chi connectivity index (χ2v) is 5.69. The second kappa shape index (κ2) is 6.24. The summed E-state index contributed by atoms with van der Waals surface area (Å²) in [6.07, 6.45) is 1.39. The molecule has 0 bridgehead atoms. The quantitative estimate of drug-likeness (QED) is 0.860. The molecule has 0 spiro atoms. The molecular formula is C14H13BrClN3O. The van der Waals surface area contributed by atoms with Gasteiger partial charge in [0.05, 0.1) is 17.4 Å². The Kier molecular flexibility index (Phi) is 4.62. The molecule has 0 saturated carbocycles. The van der Waals surface area contributed by atoms with Gasteiger partial charge < -0.3 is 10.6 Å². The zero-order chi connectivity index (χ0) is 14.7. The van der Waals surface area contributed by atoms with Gasteiger partial charge in [0, 0.05) is 18.1 Å². The summed E-state index contributed by atoms with van der Waals surface area (Å²) in [5.41, 5.74) is 7.48. The SMILES string of the molecule is CN(Cc1cccc(Br)c1)C(=O)c1cc(Cl)ncc1N. The predicted molar refractivity (Wildman–Crippen MR) is 83.6 cm³/mol. The fourth-order valence-electron chi connectivity index (χ4n) is 1.81. The van der Waals surface area contributed by atoms with Crippen molar-refractivity contribution in [3.05, 3.63) is 57.3 Å². The topological polar surface area (TPSA) is 59.2 Å². The van der Waals surface area contributed by atoms with Crippen molar-refractivity contribution in [2.24, 2.45) is 0 Å². The Morgan fingerprint density at radius 3 is 2.90 bits per heavy atom. The molecule has 0 saturated heterocycles. The van der Waals surface area contributed by atoms with Crippen molar-refractivity contribution in [1.82, 2.24) is 9.88 Å². The third-order valence-corrected chi connectivity index (χ3v) is 3.49. The molecule has 0 aliphatic carbocycles. The largest absolute Gasteiger partial charge is 0.397 e. The van der Waals surface area contributed by atoms with Crippen LogP contribution in [0.15, 0.2) is 41.0 Å². The van der Waals surface area contributed by atoms with Gasteiger partial charge in [-0.25, -0.2) is 4.98 Å². The number of hydrogen-bond acceptors (Lipinski definition) is 3. The van der Waals surface area contributed by atoms with Crippen LogP contribution in [-0.2, 0) is 6.54 Å². The van der Waals surface area contributed by atoms with Crippen molar-refractivity contribution in [1.29, 1.82) is 0 Å². The fraction of sp³-hybridized carbons (Fsp3) is 0.143. The molecule has 0 aliphatic heterocycles. The Morgan fingerprint density at radius 2 is 2.20 bits per heavy atom. The molecule has 0 unspecified atom stereocenters. The van der Waals surface area contributed by atoms with Gasteiger partial charge in [0.15, 0.2) is 0 Å². The van der Waals surface area contributed by atoms with Crippen molar-refractivity contribution in [3.8, 4) is 0 Å². The summed E-state index contributed by atoms with van der Waals surface area (Å²) >= 11 is 9.21. The van der Waals surface area contributed by atoms with Gasteiger partial charge in [0.1, 0.15) is 5.15 Å². The molecule has 20 heavy (non-hydrogen) atoms. The van der Waals surface area contributed by atoms with E-state index in [1.54, 1.807) is 11.9 Å². The lowest BCUT2D eigenvalue weighted by atomic mass is 10.1. The Labute approximate surface area is 130 Å². The van der Waals surface area contributed by atoms with Crippen molar-refractivity contribution in [2.75, 3.05) is 12.8 Å². The number of nitrogens with two attached hydrogens (primary N) is 1. The molecule has 1 heterocycles. The number of aromatic nitrogens is 1. The second-order valence-electron chi connectivity index (χ2n) is 4.39. The van der Waals surface area contributed by atoms with Gasteiger partial charge in [-0.2, -0.15) is 0 Å². The van der Waals surface area contributed by atoms with Crippen LogP contribution in [-0.4, -0.2) is 22.8 Å². The zero-order valence-corrected chi connectivity index (χ0v) is 13.1. The molecule has 1 amide bonds. The Bertz CT molecular complexity index is 648. The van der Waals surface area contributed by atoms with E-state index in [2.05, 4.69) is 20.9 Å². The van der Waals surface area contributed by atoms with Gasteiger partial charge in [-0.05, 0) is 23.8 Å². The Morgan fingerprint density at radius 1 is 1.45 bits per heavy atom. The van der Waals surface area contributed by atoms with Gasteiger partial charge in [-0.1, -0.05) is 39.7 Å². The van der Waals surface area contributed by atoms with E-state index in [0.717, 1.165) is 10.0 Å². The summed E-state index contributed by atoms with van der Waals surface area (Å²) in [7, 11) is 1.72. The van der Waals surface area contributed by atoms with Crippen molar-refractivity contribution < 1.29 is 4.79 Å². The van der Waals surface area contributed by atoms with E-state index in [1.807, 2.05) is 24.3 Å². The van der Waals surface area contributed by atoms with Gasteiger partial charge >= 0.3 is 0 Å². The molecule has 0 fully saturated rings. The van der Waals surface area contributed by atoms with E-state index in [1.165, 1.54) is 12.3 Å². The number of hydrogen-bond donors (Lipinski definition) is 1. The number of nitrogens with zero attached hydrogens (tertiary/aromatic N) is 2. The minimum atomic E-state index is -0.188. The van der Waals surface area contributed by atoms with Crippen LogP contribution in [0.2, 0.25) is 5.15 Å². The van der Waals surface area contributed by atoms with Gasteiger partial charge in [-0.3, -0.25) is 4.79 Å². The number of benzene rings is 1. The van der Waals surface area contributed by atoms with Crippen LogP contribution in [0, 0.1) is 0 Å². The van der Waals surface area contributed by atoms with Crippen LogP contribution < -0.4 is 5.73 Å². The normalized spacial score (nSPS) is 10.3. The van der Waals surface area contributed by atoms with Crippen LogP contribution in [0.4, 0.5) is 5.69 Å². The summed E-state index contributed by atoms with van der Waals surface area (Å²) in [4.78, 5) is 17.8. The first-order valence-electron chi connectivity index (χ1n) is 5.88. The molecule has 0 radical (unpaired) electrons. The average molecular weight is 355 g/mol. The number of nitrogen functional groups attached to an aromatic ring is 1. The number of carbonyl (C=O) groups is 1. The number of amides is 1. The van der Waals surface area contributed by atoms with Crippen LogP contribution >= 0.6 is 27.5 Å². The highest BCUT2D eigenvalue weighted by Gasteiger charge is 2.16. The number of pyridine rings is 1. The lowest BCUT2D eigenvalue weighted by molar-refractivity contribution is 0.0786. The molecule has 2 N–H and O–H groups in total. The average Bonchev–Trinajstić information content (AvgIpc) is 2.40. The van der Waals surface area contributed by atoms with E-state index in [-0.39, 0.29) is 11.1 Å². The van der Waals surface area contributed by atoms with Crippen molar-refractivity contribution in [3.63, 3.8) is 0 Å². The summed E-state index contributed by atoms with van der Waals surface area (Å²) in [6, 6.07) is 9.27. The number of anilines is 1. The molecule has 4 nitrogen and oxygen atoms in total. The van der Waals surface area contributed by atoms with Crippen LogP contribution in [0.1, 0.15) is 15.9 Å². The molecule has 104 valence electrons. The van der Waals surface area contributed by atoms with E-state index >= 15 is 0 Å². The first-order chi connectivity index (χ1) is 9.47. The molecule has 1 aromatic carbocycles. The lowest BCUT2D eigenvalue weighted by Crippen LogP contribution is -2.27. The first-order valence-corrected chi connectivity index (χ1v) is 7.05. The van der Waals surface area contributed by atoms with E-state index in [9.17, 15) is 4.79 Å². The maximum atomic E-state index is 12.4. The van der Waals surface area contributed by atoms with E-state index < -0.39 is 0 Å². The van der Waals surface area contributed by atoms with Gasteiger partial charge in [0.2, 0.25) is 0 Å². The van der Waals surface area contributed by atoms with Crippen LogP contribution in [0.5, 0.6) is 0 Å². The molecular weight excluding hydrogens is 342 g/mol. The third-order valence-electron chi connectivity index (χ3n) is 2.79. The number of rotatable bonds is 3. The molecule has 0 atom stereocenters.